The van der Waals surface area contributed by atoms with Crippen molar-refractivity contribution in [1.29, 1.82) is 0 Å². The van der Waals surface area contributed by atoms with Crippen molar-refractivity contribution < 1.29 is 14.4 Å². The third-order valence-electron chi connectivity index (χ3n) is 3.79. The molecule has 0 spiro atoms. The number of carbonyl (C=O) groups excluding carboxylic acids is 2. The number of likely N-dealkylation sites (N-methyl/N-ethyl adjacent to an activating group) is 1. The Labute approximate surface area is 145 Å². The normalized spacial score (nSPS) is 16.1. The number of aromatic nitrogens is 2. The summed E-state index contributed by atoms with van der Waals surface area (Å²) in [7, 11) is 3.35. The molecule has 130 valence electrons. The van der Waals surface area contributed by atoms with Gasteiger partial charge in [-0.15, -0.1) is 0 Å². The second kappa shape index (κ2) is 7.16. The van der Waals surface area contributed by atoms with E-state index in [-0.39, 0.29) is 24.5 Å². The van der Waals surface area contributed by atoms with Crippen LogP contribution in [0.4, 0.5) is 5.69 Å². The number of rotatable bonds is 5. The predicted molar refractivity (Wildman–Crippen MR) is 91.9 cm³/mol. The molecule has 3 rings (SSSR count). The van der Waals surface area contributed by atoms with Crippen LogP contribution in [0.1, 0.15) is 18.1 Å². The molecule has 0 fully saturated rings. The monoisotopic (exact) mass is 341 g/mol. The first kappa shape index (κ1) is 16.7. The van der Waals surface area contributed by atoms with Crippen LogP contribution in [0.3, 0.4) is 0 Å². The second-order valence-electron chi connectivity index (χ2n) is 5.92. The van der Waals surface area contributed by atoms with E-state index in [9.17, 15) is 9.59 Å². The van der Waals surface area contributed by atoms with Crippen LogP contribution in [-0.4, -0.2) is 46.3 Å². The van der Waals surface area contributed by atoms with Crippen LogP contribution >= 0.6 is 0 Å². The van der Waals surface area contributed by atoms with E-state index in [0.29, 0.717) is 17.8 Å². The van der Waals surface area contributed by atoms with Gasteiger partial charge in [-0.2, -0.15) is 5.10 Å². The summed E-state index contributed by atoms with van der Waals surface area (Å²) in [6.07, 6.45) is 3.25. The average Bonchev–Trinajstić information content (AvgIpc) is 3.25. The first-order chi connectivity index (χ1) is 12.0. The van der Waals surface area contributed by atoms with Gasteiger partial charge in [0.15, 0.2) is 6.10 Å². The Morgan fingerprint density at radius 2 is 2.08 bits per heavy atom. The van der Waals surface area contributed by atoms with Crippen LogP contribution in [0.25, 0.3) is 0 Å². The number of oxime groups is 1. The van der Waals surface area contributed by atoms with Gasteiger partial charge in [-0.1, -0.05) is 35.5 Å². The third-order valence-corrected chi connectivity index (χ3v) is 3.79. The zero-order valence-electron chi connectivity index (χ0n) is 14.0. The van der Waals surface area contributed by atoms with Gasteiger partial charge in [0.25, 0.3) is 5.91 Å². The number of nitrogens with one attached hydrogen (secondary N) is 1. The lowest BCUT2D eigenvalue weighted by molar-refractivity contribution is -0.129. The fraction of sp³-hybridized carbons (Fsp3) is 0.294. The van der Waals surface area contributed by atoms with Gasteiger partial charge in [0.1, 0.15) is 12.3 Å². The van der Waals surface area contributed by atoms with E-state index in [1.54, 1.807) is 20.3 Å². The minimum atomic E-state index is -0.336. The van der Waals surface area contributed by atoms with Gasteiger partial charge in [0.05, 0.1) is 11.9 Å². The summed E-state index contributed by atoms with van der Waals surface area (Å²) in [6, 6.07) is 9.63. The van der Waals surface area contributed by atoms with E-state index in [0.717, 1.165) is 5.56 Å². The maximum absolute atomic E-state index is 12.3. The van der Waals surface area contributed by atoms with Gasteiger partial charge in [-0.05, 0) is 5.56 Å². The van der Waals surface area contributed by atoms with Crippen LogP contribution < -0.4 is 5.32 Å². The van der Waals surface area contributed by atoms with Crippen molar-refractivity contribution in [2.24, 2.45) is 5.16 Å². The van der Waals surface area contributed by atoms with Crippen LogP contribution in [-0.2, 0) is 21.0 Å². The van der Waals surface area contributed by atoms with Crippen molar-refractivity contribution in [3.8, 4) is 0 Å². The Morgan fingerprint density at radius 3 is 2.80 bits per heavy atom. The molecule has 2 aromatic rings. The van der Waals surface area contributed by atoms with Crippen molar-refractivity contribution in [2.45, 2.75) is 19.1 Å². The Kier molecular flexibility index (Phi) is 4.78. The molecule has 1 aliphatic heterocycles. The molecule has 25 heavy (non-hydrogen) atoms. The fourth-order valence-electron chi connectivity index (χ4n) is 2.36. The fourth-order valence-corrected chi connectivity index (χ4v) is 2.36. The molecule has 0 bridgehead atoms. The molecule has 2 heterocycles. The Morgan fingerprint density at radius 1 is 1.32 bits per heavy atom. The molecule has 0 unspecified atom stereocenters. The smallest absolute Gasteiger partial charge is 0.273 e. The summed E-state index contributed by atoms with van der Waals surface area (Å²) in [5.74, 6) is -0.419. The summed E-state index contributed by atoms with van der Waals surface area (Å²) < 4.78 is 1.47. The number of amides is 2. The first-order valence-electron chi connectivity index (χ1n) is 7.84. The molecule has 0 radical (unpaired) electrons. The quantitative estimate of drug-likeness (QED) is 0.891. The summed E-state index contributed by atoms with van der Waals surface area (Å²) in [6.45, 7) is 0.114. The maximum Gasteiger partial charge on any atom is 0.273 e. The van der Waals surface area contributed by atoms with E-state index < -0.39 is 0 Å². The van der Waals surface area contributed by atoms with Crippen LogP contribution in [0.15, 0.2) is 47.9 Å². The predicted octanol–water partition coefficient (Wildman–Crippen LogP) is 1.43. The van der Waals surface area contributed by atoms with Gasteiger partial charge in [-0.25, -0.2) is 0 Å². The second-order valence-corrected chi connectivity index (χ2v) is 5.92. The van der Waals surface area contributed by atoms with Gasteiger partial charge < -0.3 is 15.1 Å². The molecule has 0 aliphatic carbocycles. The van der Waals surface area contributed by atoms with E-state index >= 15 is 0 Å². The first-order valence-corrected chi connectivity index (χ1v) is 7.84. The van der Waals surface area contributed by atoms with Gasteiger partial charge in [0, 0.05) is 26.7 Å². The van der Waals surface area contributed by atoms with E-state index in [1.165, 1.54) is 15.8 Å². The SMILES string of the molecule is CN(C)C(=O)Cn1cc(NC(=O)C2=NO[C@@H](c3ccccc3)C2)cn1. The van der Waals surface area contributed by atoms with Crippen molar-refractivity contribution in [1.82, 2.24) is 14.7 Å². The van der Waals surface area contributed by atoms with E-state index in [1.807, 2.05) is 30.3 Å². The third kappa shape index (κ3) is 4.03. The highest BCUT2D eigenvalue weighted by Crippen LogP contribution is 2.27. The lowest BCUT2D eigenvalue weighted by Gasteiger charge is -2.09. The molecule has 0 saturated heterocycles. The van der Waals surface area contributed by atoms with Crippen LogP contribution in [0, 0.1) is 0 Å². The molecule has 1 aromatic heterocycles. The Hall–Kier alpha value is -3.16. The molecule has 1 aromatic carbocycles. The number of hydrogen-bond acceptors (Lipinski definition) is 5. The zero-order chi connectivity index (χ0) is 17.8. The van der Waals surface area contributed by atoms with E-state index in [2.05, 4.69) is 15.6 Å². The minimum Gasteiger partial charge on any atom is -0.387 e. The maximum atomic E-state index is 12.3. The Balaban J connectivity index is 1.56. The van der Waals surface area contributed by atoms with Crippen molar-refractivity contribution in [3.05, 3.63) is 48.3 Å². The molecular formula is C17H19N5O3. The minimum absolute atomic E-state index is 0.0831. The van der Waals surface area contributed by atoms with Crippen molar-refractivity contribution >= 4 is 23.2 Å². The molecule has 2 amide bonds. The van der Waals surface area contributed by atoms with Crippen molar-refractivity contribution in [3.63, 3.8) is 0 Å². The molecule has 1 atom stereocenters. The molecule has 0 saturated carbocycles. The molecular weight excluding hydrogens is 322 g/mol. The summed E-state index contributed by atoms with van der Waals surface area (Å²) in [4.78, 5) is 30.8. The summed E-state index contributed by atoms with van der Waals surface area (Å²) in [5, 5.41) is 10.7. The average molecular weight is 341 g/mol. The van der Waals surface area contributed by atoms with Gasteiger partial charge in [0.2, 0.25) is 5.91 Å². The van der Waals surface area contributed by atoms with Gasteiger partial charge >= 0.3 is 0 Å². The number of carbonyl (C=O) groups is 2. The number of anilines is 1. The summed E-state index contributed by atoms with van der Waals surface area (Å²) in [5.41, 5.74) is 1.80. The lowest BCUT2D eigenvalue weighted by Crippen LogP contribution is -2.26. The van der Waals surface area contributed by atoms with E-state index in [4.69, 9.17) is 4.84 Å². The van der Waals surface area contributed by atoms with Gasteiger partial charge in [-0.3, -0.25) is 14.3 Å². The molecule has 1 N–H and O–H groups in total. The molecule has 1 aliphatic rings. The Bertz CT molecular complexity index is 798. The zero-order valence-corrected chi connectivity index (χ0v) is 14.0. The summed E-state index contributed by atoms with van der Waals surface area (Å²) >= 11 is 0. The lowest BCUT2D eigenvalue weighted by atomic mass is 10.0. The topological polar surface area (TPSA) is 88.8 Å². The molecule has 8 nitrogen and oxygen atoms in total. The van der Waals surface area contributed by atoms with Crippen LogP contribution in [0.5, 0.6) is 0 Å². The highest BCUT2D eigenvalue weighted by Gasteiger charge is 2.27. The molecule has 8 heteroatoms. The number of nitrogens with zero attached hydrogens (tertiary/aromatic N) is 4. The number of benzene rings is 1. The highest BCUT2D eigenvalue weighted by atomic mass is 16.6. The largest absolute Gasteiger partial charge is 0.387 e. The number of hydrogen-bond donors (Lipinski definition) is 1. The highest BCUT2D eigenvalue weighted by molar-refractivity contribution is 6.43. The standard InChI is InChI=1S/C17H19N5O3/c1-21(2)16(23)11-22-10-13(9-18-22)19-17(24)14-8-15(25-20-14)12-6-4-3-5-7-12/h3-7,9-10,15H,8,11H2,1-2H3,(H,19,24)/t15-/m1/s1. The van der Waals surface area contributed by atoms with Crippen LogP contribution in [0.2, 0.25) is 0 Å². The van der Waals surface area contributed by atoms with Crippen molar-refractivity contribution in [2.75, 3.05) is 19.4 Å².